The lowest BCUT2D eigenvalue weighted by Gasteiger charge is -2.30. The Morgan fingerprint density at radius 2 is 2.24 bits per heavy atom. The summed E-state index contributed by atoms with van der Waals surface area (Å²) in [6.07, 6.45) is 6.80. The van der Waals surface area contributed by atoms with Gasteiger partial charge in [-0.15, -0.1) is 11.3 Å². The molecule has 5 nitrogen and oxygen atoms in total. The summed E-state index contributed by atoms with van der Waals surface area (Å²) in [6, 6.07) is 3.72. The number of nitrogens with one attached hydrogen (secondary N) is 1. The lowest BCUT2D eigenvalue weighted by molar-refractivity contribution is -0.120. The van der Waals surface area contributed by atoms with Gasteiger partial charge in [-0.3, -0.25) is 4.79 Å². The van der Waals surface area contributed by atoms with Crippen molar-refractivity contribution in [3.8, 4) is 10.8 Å². The van der Waals surface area contributed by atoms with E-state index in [2.05, 4.69) is 22.1 Å². The van der Waals surface area contributed by atoms with Crippen molar-refractivity contribution in [2.75, 3.05) is 26.2 Å². The van der Waals surface area contributed by atoms with E-state index in [9.17, 15) is 4.79 Å². The van der Waals surface area contributed by atoms with Crippen LogP contribution in [0.2, 0.25) is 0 Å². The minimum Gasteiger partial charge on any atom is -0.462 e. The number of amides is 1. The van der Waals surface area contributed by atoms with Gasteiger partial charge in [0.15, 0.2) is 10.8 Å². The fourth-order valence-electron chi connectivity index (χ4n) is 3.10. The van der Waals surface area contributed by atoms with Gasteiger partial charge < -0.3 is 14.6 Å². The van der Waals surface area contributed by atoms with Crippen molar-refractivity contribution in [2.45, 2.75) is 39.0 Å². The van der Waals surface area contributed by atoms with Crippen LogP contribution in [0.5, 0.6) is 0 Å². The zero-order valence-corrected chi connectivity index (χ0v) is 15.7. The summed E-state index contributed by atoms with van der Waals surface area (Å²) in [5, 5.41) is 5.75. The number of unbranched alkanes of at least 4 members (excludes halogenated alkanes) is 1. The van der Waals surface area contributed by atoms with Crippen molar-refractivity contribution >= 4 is 17.2 Å². The van der Waals surface area contributed by atoms with Gasteiger partial charge in [-0.2, -0.15) is 0 Å². The number of carbonyl (C=O) groups excluding carboxylic acids is 1. The van der Waals surface area contributed by atoms with E-state index in [1.807, 2.05) is 17.5 Å². The fourth-order valence-corrected chi connectivity index (χ4v) is 3.89. The maximum atomic E-state index is 12.0. The smallest absolute Gasteiger partial charge is 0.226 e. The Bertz CT molecular complexity index is 645. The number of thiazole rings is 1. The molecule has 6 heteroatoms. The summed E-state index contributed by atoms with van der Waals surface area (Å²) in [6.45, 7) is 6.71. The highest BCUT2D eigenvalue weighted by Gasteiger charge is 2.15. The molecule has 1 saturated heterocycles. The number of hydrogen-bond donors (Lipinski definition) is 1. The molecule has 1 fully saturated rings. The first-order chi connectivity index (χ1) is 12.2. The second-order valence-electron chi connectivity index (χ2n) is 6.88. The lowest BCUT2D eigenvalue weighted by Crippen LogP contribution is -2.34. The highest BCUT2D eigenvalue weighted by Crippen LogP contribution is 2.24. The largest absolute Gasteiger partial charge is 0.462 e. The summed E-state index contributed by atoms with van der Waals surface area (Å²) in [5.74, 6) is 1.68. The minimum atomic E-state index is 0.0445. The molecule has 0 bridgehead atoms. The molecule has 0 radical (unpaired) electrons. The number of piperidine rings is 1. The second-order valence-corrected chi connectivity index (χ2v) is 7.74. The number of hydrogen-bond acceptors (Lipinski definition) is 5. The van der Waals surface area contributed by atoms with E-state index in [0.717, 1.165) is 48.3 Å². The van der Waals surface area contributed by atoms with Crippen LogP contribution in [0.3, 0.4) is 0 Å². The first kappa shape index (κ1) is 18.1. The molecule has 3 rings (SSSR count). The monoisotopic (exact) mass is 361 g/mol. The van der Waals surface area contributed by atoms with Crippen molar-refractivity contribution in [1.29, 1.82) is 0 Å². The topological polar surface area (TPSA) is 58.4 Å². The van der Waals surface area contributed by atoms with E-state index in [-0.39, 0.29) is 5.91 Å². The molecule has 136 valence electrons. The van der Waals surface area contributed by atoms with Crippen molar-refractivity contribution in [3.05, 3.63) is 29.5 Å². The summed E-state index contributed by atoms with van der Waals surface area (Å²) in [5.41, 5.74) is 0.802. The van der Waals surface area contributed by atoms with E-state index < -0.39 is 0 Å². The number of nitrogens with zero attached hydrogens (tertiary/aromatic N) is 2. The third-order valence-electron chi connectivity index (χ3n) is 4.72. The summed E-state index contributed by atoms with van der Waals surface area (Å²) >= 11 is 1.51. The van der Waals surface area contributed by atoms with Gasteiger partial charge in [-0.1, -0.05) is 6.92 Å². The Kier molecular flexibility index (Phi) is 6.64. The molecule has 0 aliphatic carbocycles. The van der Waals surface area contributed by atoms with Crippen LogP contribution in [0.15, 0.2) is 28.2 Å². The predicted octanol–water partition coefficient (Wildman–Crippen LogP) is 3.57. The maximum absolute atomic E-state index is 12.0. The van der Waals surface area contributed by atoms with E-state index in [0.29, 0.717) is 6.42 Å². The molecule has 0 atom stereocenters. The van der Waals surface area contributed by atoms with Gasteiger partial charge in [0.25, 0.3) is 0 Å². The number of aromatic nitrogens is 1. The van der Waals surface area contributed by atoms with E-state index in [1.54, 1.807) is 6.26 Å². The number of rotatable bonds is 8. The molecule has 1 aliphatic heterocycles. The van der Waals surface area contributed by atoms with Crippen molar-refractivity contribution in [3.63, 3.8) is 0 Å². The molecular weight excluding hydrogens is 334 g/mol. The van der Waals surface area contributed by atoms with Gasteiger partial charge >= 0.3 is 0 Å². The van der Waals surface area contributed by atoms with Crippen LogP contribution in [0.1, 0.15) is 38.3 Å². The van der Waals surface area contributed by atoms with E-state index >= 15 is 0 Å². The Balaban J connectivity index is 1.29. The second kappa shape index (κ2) is 9.15. The Morgan fingerprint density at radius 3 is 3.00 bits per heavy atom. The highest BCUT2D eigenvalue weighted by molar-refractivity contribution is 7.13. The van der Waals surface area contributed by atoms with Crippen molar-refractivity contribution in [2.24, 2.45) is 5.92 Å². The summed E-state index contributed by atoms with van der Waals surface area (Å²) in [7, 11) is 0. The van der Waals surface area contributed by atoms with Gasteiger partial charge in [0.05, 0.1) is 18.4 Å². The molecule has 2 aromatic rings. The van der Waals surface area contributed by atoms with E-state index in [1.165, 1.54) is 37.3 Å². The highest BCUT2D eigenvalue weighted by atomic mass is 32.1. The molecular formula is C19H27N3O2S. The molecule has 3 heterocycles. The fraction of sp³-hybridized carbons (Fsp3) is 0.579. The van der Waals surface area contributed by atoms with Crippen LogP contribution in [-0.4, -0.2) is 42.0 Å². The normalized spacial score (nSPS) is 16.2. The predicted molar refractivity (Wildman–Crippen MR) is 101 cm³/mol. The molecule has 2 aromatic heterocycles. The van der Waals surface area contributed by atoms with Gasteiger partial charge in [0.1, 0.15) is 0 Å². The van der Waals surface area contributed by atoms with Gasteiger partial charge in [0, 0.05) is 11.9 Å². The SMILES string of the molecule is CC1CCN(CCCCNC(=O)Cc2csc(-c3ccco3)n2)CC1. The standard InChI is InChI=1S/C19H27N3O2S/c1-15-6-10-22(11-7-15)9-3-2-8-20-18(23)13-16-14-25-19(21-16)17-5-4-12-24-17/h4-5,12,14-15H,2-3,6-11,13H2,1H3,(H,20,23). The van der Waals surface area contributed by atoms with Gasteiger partial charge in [-0.25, -0.2) is 4.98 Å². The average molecular weight is 362 g/mol. The van der Waals surface area contributed by atoms with Crippen LogP contribution >= 0.6 is 11.3 Å². The minimum absolute atomic E-state index is 0.0445. The molecule has 0 spiro atoms. The zero-order chi connectivity index (χ0) is 17.5. The summed E-state index contributed by atoms with van der Waals surface area (Å²) < 4.78 is 5.33. The van der Waals surface area contributed by atoms with Crippen LogP contribution in [0.25, 0.3) is 10.8 Å². The molecule has 0 unspecified atom stereocenters. The third-order valence-corrected chi connectivity index (χ3v) is 5.63. The maximum Gasteiger partial charge on any atom is 0.226 e. The first-order valence-corrected chi connectivity index (χ1v) is 10.1. The number of furan rings is 1. The molecule has 1 amide bonds. The van der Waals surface area contributed by atoms with Crippen molar-refractivity contribution in [1.82, 2.24) is 15.2 Å². The van der Waals surface area contributed by atoms with Crippen LogP contribution in [0, 0.1) is 5.92 Å². The number of likely N-dealkylation sites (tertiary alicyclic amines) is 1. The zero-order valence-electron chi connectivity index (χ0n) is 14.9. The molecule has 0 saturated carbocycles. The summed E-state index contributed by atoms with van der Waals surface area (Å²) in [4.78, 5) is 19.0. The Hall–Kier alpha value is -1.66. The quantitative estimate of drug-likeness (QED) is 0.730. The van der Waals surface area contributed by atoms with Gasteiger partial charge in [0.2, 0.25) is 5.91 Å². The van der Waals surface area contributed by atoms with Crippen LogP contribution in [0.4, 0.5) is 0 Å². The Labute approximate surface area is 153 Å². The van der Waals surface area contributed by atoms with Gasteiger partial charge in [-0.05, 0) is 63.4 Å². The first-order valence-electron chi connectivity index (χ1n) is 9.18. The molecule has 0 aromatic carbocycles. The molecule has 1 N–H and O–H groups in total. The molecule has 25 heavy (non-hydrogen) atoms. The van der Waals surface area contributed by atoms with Crippen LogP contribution < -0.4 is 5.32 Å². The Morgan fingerprint density at radius 1 is 1.40 bits per heavy atom. The van der Waals surface area contributed by atoms with E-state index in [4.69, 9.17) is 4.42 Å². The van der Waals surface area contributed by atoms with Crippen molar-refractivity contribution < 1.29 is 9.21 Å². The third kappa shape index (κ3) is 5.68. The average Bonchev–Trinajstić information content (AvgIpc) is 3.27. The number of carbonyl (C=O) groups is 1. The lowest BCUT2D eigenvalue weighted by atomic mass is 9.99. The van der Waals surface area contributed by atoms with Crippen LogP contribution in [-0.2, 0) is 11.2 Å². The molecule has 1 aliphatic rings.